The van der Waals surface area contributed by atoms with Crippen molar-refractivity contribution in [2.75, 3.05) is 0 Å². The molecule has 0 radical (unpaired) electrons. The van der Waals surface area contributed by atoms with Gasteiger partial charge in [0.15, 0.2) is 6.29 Å². The Hall–Kier alpha value is -0.970. The maximum Gasteiger partial charge on any atom is 0.151 e. The maximum absolute atomic E-state index is 10.8. The van der Waals surface area contributed by atoms with Crippen LogP contribution >= 0.6 is 34.0 Å². The summed E-state index contributed by atoms with van der Waals surface area (Å²) in [6.07, 6.45) is 1.82. The normalized spacial score (nSPS) is 11.0. The van der Waals surface area contributed by atoms with Crippen molar-refractivity contribution in [2.24, 2.45) is 0 Å². The first-order valence-corrected chi connectivity index (χ1v) is 7.47. The molecule has 0 N–H and O–H groups in total. The SMILES string of the molecule is O=Cc1ccsc1Cc1csc2sccc12. The second kappa shape index (κ2) is 4.13. The van der Waals surface area contributed by atoms with Crippen LogP contribution in [0.3, 0.4) is 0 Å². The molecule has 1 nitrogen and oxygen atoms in total. The first-order valence-electron chi connectivity index (χ1n) is 4.83. The monoisotopic (exact) mass is 264 g/mol. The third kappa shape index (κ3) is 1.63. The minimum Gasteiger partial charge on any atom is -0.298 e. The predicted molar refractivity (Wildman–Crippen MR) is 72.2 cm³/mol. The van der Waals surface area contributed by atoms with Crippen LogP contribution in [0.15, 0.2) is 28.3 Å². The summed E-state index contributed by atoms with van der Waals surface area (Å²) in [5, 5.41) is 7.66. The van der Waals surface area contributed by atoms with Gasteiger partial charge >= 0.3 is 0 Å². The highest BCUT2D eigenvalue weighted by Gasteiger charge is 2.09. The molecule has 0 aliphatic carbocycles. The number of rotatable bonds is 3. The second-order valence-electron chi connectivity index (χ2n) is 3.48. The number of fused-ring (bicyclic) bond motifs is 1. The van der Waals surface area contributed by atoms with E-state index < -0.39 is 0 Å². The van der Waals surface area contributed by atoms with Gasteiger partial charge in [-0.15, -0.1) is 34.0 Å². The Morgan fingerprint density at radius 1 is 1.12 bits per heavy atom. The van der Waals surface area contributed by atoms with Crippen LogP contribution in [0.25, 0.3) is 9.40 Å². The highest BCUT2D eigenvalue weighted by molar-refractivity contribution is 7.36. The van der Waals surface area contributed by atoms with E-state index in [9.17, 15) is 4.79 Å². The first-order chi connectivity index (χ1) is 7.88. The molecule has 16 heavy (non-hydrogen) atoms. The van der Waals surface area contributed by atoms with Gasteiger partial charge in [0.2, 0.25) is 0 Å². The van der Waals surface area contributed by atoms with Crippen molar-refractivity contribution in [1.82, 2.24) is 0 Å². The minimum atomic E-state index is 0.833. The third-order valence-electron chi connectivity index (χ3n) is 2.54. The molecule has 0 saturated carbocycles. The van der Waals surface area contributed by atoms with E-state index >= 15 is 0 Å². The standard InChI is InChI=1S/C12H8OS3/c13-6-8-1-3-14-11(8)5-9-7-16-12-10(9)2-4-15-12/h1-4,6-7H,5H2. The summed E-state index contributed by atoms with van der Waals surface area (Å²) in [6.45, 7) is 0. The Balaban J connectivity index is 2.01. The molecular weight excluding hydrogens is 256 g/mol. The molecule has 3 aromatic heterocycles. The molecule has 0 fully saturated rings. The second-order valence-corrected chi connectivity index (χ2v) is 6.53. The summed E-state index contributed by atoms with van der Waals surface area (Å²) < 4.78 is 1.37. The van der Waals surface area contributed by atoms with Crippen LogP contribution in [-0.2, 0) is 6.42 Å². The van der Waals surface area contributed by atoms with E-state index in [1.165, 1.54) is 19.8 Å². The van der Waals surface area contributed by atoms with Crippen LogP contribution in [-0.4, -0.2) is 6.29 Å². The summed E-state index contributed by atoms with van der Waals surface area (Å²) in [6, 6.07) is 4.06. The number of hydrogen-bond acceptors (Lipinski definition) is 4. The van der Waals surface area contributed by atoms with Crippen molar-refractivity contribution in [3.63, 3.8) is 0 Å². The molecule has 0 amide bonds. The molecule has 0 aliphatic heterocycles. The lowest BCUT2D eigenvalue weighted by atomic mass is 10.1. The number of carbonyl (C=O) groups is 1. The van der Waals surface area contributed by atoms with Gasteiger partial charge in [0.1, 0.15) is 0 Å². The van der Waals surface area contributed by atoms with Gasteiger partial charge in [0.25, 0.3) is 0 Å². The van der Waals surface area contributed by atoms with Crippen molar-refractivity contribution >= 4 is 49.7 Å². The zero-order valence-corrected chi connectivity index (χ0v) is 10.8. The molecule has 3 aromatic rings. The van der Waals surface area contributed by atoms with Crippen molar-refractivity contribution < 1.29 is 4.79 Å². The highest BCUT2D eigenvalue weighted by Crippen LogP contribution is 2.33. The van der Waals surface area contributed by atoms with E-state index in [0.29, 0.717) is 0 Å². The molecule has 0 bridgehead atoms. The van der Waals surface area contributed by atoms with Crippen LogP contribution in [0.2, 0.25) is 0 Å². The molecule has 0 spiro atoms. The van der Waals surface area contributed by atoms with E-state index in [0.717, 1.165) is 18.3 Å². The molecular formula is C12H8OS3. The van der Waals surface area contributed by atoms with Crippen molar-refractivity contribution in [1.29, 1.82) is 0 Å². The molecule has 80 valence electrons. The van der Waals surface area contributed by atoms with Crippen molar-refractivity contribution in [2.45, 2.75) is 6.42 Å². The topological polar surface area (TPSA) is 17.1 Å². The van der Waals surface area contributed by atoms with Gasteiger partial charge in [-0.3, -0.25) is 4.79 Å². The summed E-state index contributed by atoms with van der Waals surface area (Å²) in [5.41, 5.74) is 2.17. The van der Waals surface area contributed by atoms with Gasteiger partial charge in [-0.1, -0.05) is 0 Å². The Kier molecular flexibility index (Phi) is 2.63. The molecule has 0 aromatic carbocycles. The molecule has 0 unspecified atom stereocenters. The summed E-state index contributed by atoms with van der Waals surface area (Å²) >= 11 is 5.23. The maximum atomic E-state index is 10.8. The Morgan fingerprint density at radius 2 is 2.00 bits per heavy atom. The Labute approximate surface area is 105 Å². The number of aldehydes is 1. The van der Waals surface area contributed by atoms with Gasteiger partial charge in [-0.05, 0) is 33.8 Å². The molecule has 4 heteroatoms. The van der Waals surface area contributed by atoms with Crippen molar-refractivity contribution in [3.8, 4) is 0 Å². The third-order valence-corrected chi connectivity index (χ3v) is 5.60. The lowest BCUT2D eigenvalue weighted by Gasteiger charge is -1.96. The quantitative estimate of drug-likeness (QED) is 0.640. The average molecular weight is 264 g/mol. The van der Waals surface area contributed by atoms with Gasteiger partial charge < -0.3 is 0 Å². The van der Waals surface area contributed by atoms with Crippen LogP contribution in [0.4, 0.5) is 0 Å². The van der Waals surface area contributed by atoms with E-state index in [-0.39, 0.29) is 0 Å². The van der Waals surface area contributed by atoms with E-state index in [4.69, 9.17) is 0 Å². The minimum absolute atomic E-state index is 0.833. The zero-order valence-electron chi connectivity index (χ0n) is 8.30. The van der Waals surface area contributed by atoms with Crippen LogP contribution in [0, 0.1) is 0 Å². The summed E-state index contributed by atoms with van der Waals surface area (Å²) in [5.74, 6) is 0. The van der Waals surface area contributed by atoms with E-state index in [1.807, 2.05) is 11.4 Å². The fraction of sp³-hybridized carbons (Fsp3) is 0.0833. The number of hydrogen-bond donors (Lipinski definition) is 0. The lowest BCUT2D eigenvalue weighted by molar-refractivity contribution is 0.112. The lowest BCUT2D eigenvalue weighted by Crippen LogP contribution is -1.87. The van der Waals surface area contributed by atoms with Crippen LogP contribution < -0.4 is 0 Å². The van der Waals surface area contributed by atoms with Crippen LogP contribution in [0.1, 0.15) is 20.8 Å². The largest absolute Gasteiger partial charge is 0.298 e. The molecule has 3 rings (SSSR count). The smallest absolute Gasteiger partial charge is 0.151 e. The molecule has 0 atom stereocenters. The van der Waals surface area contributed by atoms with Gasteiger partial charge in [-0.2, -0.15) is 0 Å². The Bertz CT molecular complexity index is 629. The zero-order chi connectivity index (χ0) is 11.0. The summed E-state index contributed by atoms with van der Waals surface area (Å²) in [4.78, 5) is 12.0. The van der Waals surface area contributed by atoms with Gasteiger partial charge in [0, 0.05) is 22.2 Å². The van der Waals surface area contributed by atoms with Crippen LogP contribution in [0.5, 0.6) is 0 Å². The summed E-state index contributed by atoms with van der Waals surface area (Å²) in [7, 11) is 0. The van der Waals surface area contributed by atoms with Gasteiger partial charge in [0.05, 0.1) is 4.01 Å². The number of thiophene rings is 3. The van der Waals surface area contributed by atoms with E-state index in [2.05, 4.69) is 16.8 Å². The highest BCUT2D eigenvalue weighted by atomic mass is 32.2. The first kappa shape index (κ1) is 10.2. The molecule has 0 saturated heterocycles. The Morgan fingerprint density at radius 3 is 2.88 bits per heavy atom. The molecule has 3 heterocycles. The number of carbonyl (C=O) groups excluding carboxylic acids is 1. The fourth-order valence-corrected chi connectivity index (χ4v) is 4.56. The fourth-order valence-electron chi connectivity index (χ4n) is 1.72. The predicted octanol–water partition coefficient (Wildman–Crippen LogP) is 4.43. The molecule has 0 aliphatic rings. The average Bonchev–Trinajstić information content (AvgIpc) is 2.96. The van der Waals surface area contributed by atoms with E-state index in [1.54, 1.807) is 34.0 Å². The van der Waals surface area contributed by atoms with Gasteiger partial charge in [-0.25, -0.2) is 0 Å². The van der Waals surface area contributed by atoms with Crippen molar-refractivity contribution in [3.05, 3.63) is 44.3 Å².